The molecule has 0 bridgehead atoms. The van der Waals surface area contributed by atoms with E-state index in [4.69, 9.17) is 4.42 Å². The van der Waals surface area contributed by atoms with Gasteiger partial charge in [-0.25, -0.2) is 9.67 Å². The monoisotopic (exact) mass is 343 g/mol. The Morgan fingerprint density at radius 1 is 1.04 bits per heavy atom. The van der Waals surface area contributed by atoms with Crippen LogP contribution < -0.4 is 0 Å². The van der Waals surface area contributed by atoms with Crippen LogP contribution in [0.1, 0.15) is 31.7 Å². The number of oxazole rings is 1. The van der Waals surface area contributed by atoms with Crippen LogP contribution in [-0.4, -0.2) is 14.8 Å². The predicted molar refractivity (Wildman–Crippen MR) is 103 cm³/mol. The van der Waals surface area contributed by atoms with Crippen molar-refractivity contribution in [3.8, 4) is 28.3 Å². The second kappa shape index (κ2) is 7.00. The van der Waals surface area contributed by atoms with Gasteiger partial charge in [-0.05, 0) is 41.7 Å². The Labute approximate surface area is 153 Å². The molecule has 0 fully saturated rings. The van der Waals surface area contributed by atoms with Gasteiger partial charge in [-0.1, -0.05) is 44.2 Å². The van der Waals surface area contributed by atoms with Crippen molar-refractivity contribution >= 4 is 0 Å². The zero-order chi connectivity index (χ0) is 17.9. The second-order valence-corrected chi connectivity index (χ2v) is 6.46. The first-order chi connectivity index (χ1) is 12.8. The van der Waals surface area contributed by atoms with Gasteiger partial charge in [0.05, 0.1) is 18.1 Å². The average Bonchev–Trinajstić information content (AvgIpc) is 3.39. The highest BCUT2D eigenvalue weighted by molar-refractivity contribution is 5.79. The Morgan fingerprint density at radius 3 is 2.50 bits per heavy atom. The van der Waals surface area contributed by atoms with Crippen molar-refractivity contribution in [1.82, 2.24) is 14.8 Å². The minimum atomic E-state index is 0.574. The molecule has 0 radical (unpaired) electrons. The maximum Gasteiger partial charge on any atom is 0.226 e. The van der Waals surface area contributed by atoms with Gasteiger partial charge in [0.15, 0.2) is 0 Å². The van der Waals surface area contributed by atoms with Crippen molar-refractivity contribution < 1.29 is 4.42 Å². The zero-order valence-corrected chi connectivity index (χ0v) is 15.0. The van der Waals surface area contributed by atoms with E-state index in [1.54, 1.807) is 12.5 Å². The van der Waals surface area contributed by atoms with Crippen LogP contribution in [-0.2, 0) is 0 Å². The summed E-state index contributed by atoms with van der Waals surface area (Å²) in [6, 6.07) is 16.7. The maximum atomic E-state index is 5.48. The van der Waals surface area contributed by atoms with Crippen LogP contribution in [0.2, 0.25) is 0 Å². The fourth-order valence-electron chi connectivity index (χ4n) is 3.07. The number of hydrogen-bond acceptors (Lipinski definition) is 3. The van der Waals surface area contributed by atoms with Crippen molar-refractivity contribution in [3.63, 3.8) is 0 Å². The molecule has 2 aromatic heterocycles. The standard InChI is InChI=1S/C22H21N3O/c1-3-16(2)17-8-10-19(11-9-17)25-15-18(14-24-25)20-6-4-5-7-21(20)22-23-12-13-26-22/h4-16H,3H2,1-2H3. The molecule has 0 aliphatic rings. The molecule has 2 aromatic carbocycles. The Hall–Kier alpha value is -3.14. The third kappa shape index (κ3) is 3.06. The maximum absolute atomic E-state index is 5.48. The third-order valence-electron chi connectivity index (χ3n) is 4.82. The highest BCUT2D eigenvalue weighted by Gasteiger charge is 2.12. The number of aromatic nitrogens is 3. The summed E-state index contributed by atoms with van der Waals surface area (Å²) in [5.41, 5.74) is 5.46. The smallest absolute Gasteiger partial charge is 0.226 e. The van der Waals surface area contributed by atoms with Crippen LogP contribution in [0.4, 0.5) is 0 Å². The van der Waals surface area contributed by atoms with Crippen LogP contribution in [0.15, 0.2) is 77.8 Å². The molecular formula is C22H21N3O. The molecule has 4 aromatic rings. The number of nitrogens with zero attached hydrogens (tertiary/aromatic N) is 3. The first kappa shape index (κ1) is 16.3. The van der Waals surface area contributed by atoms with Crippen molar-refractivity contribution in [2.75, 3.05) is 0 Å². The van der Waals surface area contributed by atoms with Crippen molar-refractivity contribution in [1.29, 1.82) is 0 Å². The summed E-state index contributed by atoms with van der Waals surface area (Å²) in [6.07, 6.45) is 8.32. The van der Waals surface area contributed by atoms with Gasteiger partial charge in [0.25, 0.3) is 0 Å². The highest BCUT2D eigenvalue weighted by Crippen LogP contribution is 2.31. The van der Waals surface area contributed by atoms with E-state index in [0.29, 0.717) is 11.8 Å². The lowest BCUT2D eigenvalue weighted by molar-refractivity contribution is 0.575. The Morgan fingerprint density at radius 2 is 1.81 bits per heavy atom. The summed E-state index contributed by atoms with van der Waals surface area (Å²) in [5.74, 6) is 1.19. The molecule has 0 saturated heterocycles. The van der Waals surface area contributed by atoms with E-state index in [-0.39, 0.29) is 0 Å². The minimum absolute atomic E-state index is 0.574. The van der Waals surface area contributed by atoms with Crippen LogP contribution in [0.25, 0.3) is 28.3 Å². The van der Waals surface area contributed by atoms with Gasteiger partial charge in [0, 0.05) is 17.3 Å². The van der Waals surface area contributed by atoms with Crippen LogP contribution in [0, 0.1) is 0 Å². The summed E-state index contributed by atoms with van der Waals surface area (Å²) in [4.78, 5) is 4.28. The molecule has 0 N–H and O–H groups in total. The van der Waals surface area contributed by atoms with E-state index in [1.807, 2.05) is 35.3 Å². The van der Waals surface area contributed by atoms with Crippen LogP contribution in [0.5, 0.6) is 0 Å². The van der Waals surface area contributed by atoms with E-state index in [1.165, 1.54) is 5.56 Å². The molecule has 4 rings (SSSR count). The van der Waals surface area contributed by atoms with Gasteiger partial charge in [0.2, 0.25) is 5.89 Å². The molecule has 130 valence electrons. The molecule has 1 unspecified atom stereocenters. The second-order valence-electron chi connectivity index (χ2n) is 6.46. The molecule has 0 amide bonds. The Bertz CT molecular complexity index is 984. The summed E-state index contributed by atoms with van der Waals surface area (Å²) in [7, 11) is 0. The quantitative estimate of drug-likeness (QED) is 0.466. The van der Waals surface area contributed by atoms with E-state index >= 15 is 0 Å². The molecule has 4 heteroatoms. The fourth-order valence-corrected chi connectivity index (χ4v) is 3.07. The van der Waals surface area contributed by atoms with E-state index in [2.05, 4.69) is 54.3 Å². The molecule has 26 heavy (non-hydrogen) atoms. The van der Waals surface area contributed by atoms with Gasteiger partial charge in [-0.15, -0.1) is 0 Å². The topological polar surface area (TPSA) is 43.9 Å². The Balaban J connectivity index is 1.67. The van der Waals surface area contributed by atoms with E-state index in [9.17, 15) is 0 Å². The number of hydrogen-bond donors (Lipinski definition) is 0. The lowest BCUT2D eigenvalue weighted by Crippen LogP contribution is -1.96. The number of benzene rings is 2. The molecule has 0 aliphatic carbocycles. The van der Waals surface area contributed by atoms with Crippen molar-refractivity contribution in [2.45, 2.75) is 26.2 Å². The van der Waals surface area contributed by atoms with Crippen molar-refractivity contribution in [2.24, 2.45) is 0 Å². The normalized spacial score (nSPS) is 12.2. The number of rotatable bonds is 5. The predicted octanol–water partition coefficient (Wildman–Crippen LogP) is 5.71. The molecule has 1 atom stereocenters. The van der Waals surface area contributed by atoms with Gasteiger partial charge >= 0.3 is 0 Å². The summed E-state index contributed by atoms with van der Waals surface area (Å²) < 4.78 is 7.39. The molecule has 2 heterocycles. The first-order valence-corrected chi connectivity index (χ1v) is 8.90. The largest absolute Gasteiger partial charge is 0.445 e. The Kier molecular flexibility index (Phi) is 4.40. The lowest BCUT2D eigenvalue weighted by Gasteiger charge is -2.09. The molecule has 0 aliphatic heterocycles. The molecule has 4 nitrogen and oxygen atoms in total. The first-order valence-electron chi connectivity index (χ1n) is 8.90. The molecular weight excluding hydrogens is 322 g/mol. The van der Waals surface area contributed by atoms with Crippen LogP contribution >= 0.6 is 0 Å². The van der Waals surface area contributed by atoms with Gasteiger partial charge < -0.3 is 4.42 Å². The highest BCUT2D eigenvalue weighted by atomic mass is 16.3. The van der Waals surface area contributed by atoms with Crippen molar-refractivity contribution in [3.05, 3.63) is 78.9 Å². The van der Waals surface area contributed by atoms with E-state index in [0.717, 1.165) is 28.8 Å². The summed E-state index contributed by atoms with van der Waals surface area (Å²) >= 11 is 0. The SMILES string of the molecule is CCC(C)c1ccc(-n2cc(-c3ccccc3-c3ncco3)cn2)cc1. The minimum Gasteiger partial charge on any atom is -0.445 e. The third-order valence-corrected chi connectivity index (χ3v) is 4.82. The lowest BCUT2D eigenvalue weighted by atomic mass is 9.99. The molecule has 0 saturated carbocycles. The summed E-state index contributed by atoms with van der Waals surface area (Å²) in [6.45, 7) is 4.46. The average molecular weight is 343 g/mol. The summed E-state index contributed by atoms with van der Waals surface area (Å²) in [5, 5.41) is 4.55. The van der Waals surface area contributed by atoms with Crippen LogP contribution in [0.3, 0.4) is 0 Å². The van der Waals surface area contributed by atoms with Gasteiger partial charge in [-0.3, -0.25) is 0 Å². The zero-order valence-electron chi connectivity index (χ0n) is 15.0. The fraction of sp³-hybridized carbons (Fsp3) is 0.182. The van der Waals surface area contributed by atoms with Gasteiger partial charge in [0.1, 0.15) is 6.26 Å². The molecule has 0 spiro atoms. The van der Waals surface area contributed by atoms with Gasteiger partial charge in [-0.2, -0.15) is 5.10 Å². The van der Waals surface area contributed by atoms with E-state index < -0.39 is 0 Å².